The van der Waals surface area contributed by atoms with Gasteiger partial charge in [-0.15, -0.1) is 21.5 Å². The van der Waals surface area contributed by atoms with E-state index in [2.05, 4.69) is 15.2 Å². The molecule has 2 aromatic heterocycles. The van der Waals surface area contributed by atoms with Crippen LogP contribution < -0.4 is 5.73 Å². The Kier molecular flexibility index (Phi) is 3.87. The minimum absolute atomic E-state index is 0.233. The van der Waals surface area contributed by atoms with Gasteiger partial charge in [-0.2, -0.15) is 0 Å². The molecule has 0 aromatic carbocycles. The van der Waals surface area contributed by atoms with Gasteiger partial charge in [-0.25, -0.2) is 4.98 Å². The summed E-state index contributed by atoms with van der Waals surface area (Å²) in [7, 11) is 0. The SMILES string of the molecule is CCc1sc(-c2nnc(CC(C)(C)O)o2)nc1C(N)=O. The highest BCUT2D eigenvalue weighted by Crippen LogP contribution is 2.28. The third-order valence-corrected chi connectivity index (χ3v) is 3.67. The third-order valence-electron chi connectivity index (χ3n) is 2.49. The van der Waals surface area contributed by atoms with E-state index >= 15 is 0 Å². The van der Waals surface area contributed by atoms with Crippen LogP contribution in [0.15, 0.2) is 4.42 Å². The van der Waals surface area contributed by atoms with Gasteiger partial charge in [-0.05, 0) is 20.3 Å². The van der Waals surface area contributed by atoms with Crippen molar-refractivity contribution >= 4 is 17.2 Å². The van der Waals surface area contributed by atoms with E-state index in [0.29, 0.717) is 17.3 Å². The highest BCUT2D eigenvalue weighted by molar-refractivity contribution is 7.15. The number of carbonyl (C=O) groups excluding carboxylic acids is 1. The van der Waals surface area contributed by atoms with Crippen LogP contribution in [0.4, 0.5) is 0 Å². The van der Waals surface area contributed by atoms with Gasteiger partial charge < -0.3 is 15.3 Å². The monoisotopic (exact) mass is 296 g/mol. The summed E-state index contributed by atoms with van der Waals surface area (Å²) in [4.78, 5) is 16.2. The van der Waals surface area contributed by atoms with E-state index in [-0.39, 0.29) is 18.0 Å². The molecule has 0 atom stereocenters. The Labute approximate surface area is 119 Å². The fourth-order valence-electron chi connectivity index (χ4n) is 1.66. The van der Waals surface area contributed by atoms with Crippen molar-refractivity contribution in [1.29, 1.82) is 0 Å². The van der Waals surface area contributed by atoms with E-state index < -0.39 is 11.5 Å². The Bertz CT molecular complexity index is 627. The number of aryl methyl sites for hydroxylation is 1. The Morgan fingerprint density at radius 1 is 1.45 bits per heavy atom. The Balaban J connectivity index is 2.31. The molecular formula is C12H16N4O3S. The normalized spacial score (nSPS) is 11.8. The van der Waals surface area contributed by atoms with Crippen LogP contribution in [-0.2, 0) is 12.8 Å². The number of aliphatic hydroxyl groups is 1. The van der Waals surface area contributed by atoms with Crippen molar-refractivity contribution in [3.8, 4) is 10.9 Å². The van der Waals surface area contributed by atoms with Crippen LogP contribution in [0.3, 0.4) is 0 Å². The molecule has 8 heteroatoms. The molecule has 108 valence electrons. The highest BCUT2D eigenvalue weighted by atomic mass is 32.1. The zero-order valence-corrected chi connectivity index (χ0v) is 12.3. The first-order valence-corrected chi connectivity index (χ1v) is 6.96. The standard InChI is InChI=1S/C12H16N4O3S/c1-4-6-8(9(13)17)14-11(20-6)10-16-15-7(19-10)5-12(2,3)18/h18H,4-5H2,1-3H3,(H2,13,17). The number of hydrogen-bond acceptors (Lipinski definition) is 7. The highest BCUT2D eigenvalue weighted by Gasteiger charge is 2.22. The van der Waals surface area contributed by atoms with Crippen LogP contribution in [0.1, 0.15) is 42.0 Å². The number of primary amides is 1. The van der Waals surface area contributed by atoms with Crippen LogP contribution in [0, 0.1) is 0 Å². The Hall–Kier alpha value is -1.80. The molecule has 1 amide bonds. The maximum Gasteiger partial charge on any atom is 0.276 e. The molecule has 2 heterocycles. The van der Waals surface area contributed by atoms with Crippen LogP contribution in [0.25, 0.3) is 10.9 Å². The first kappa shape index (κ1) is 14.6. The van der Waals surface area contributed by atoms with Gasteiger partial charge in [0.1, 0.15) is 5.69 Å². The van der Waals surface area contributed by atoms with Crippen LogP contribution in [0.2, 0.25) is 0 Å². The van der Waals surface area contributed by atoms with Gasteiger partial charge in [0.15, 0.2) is 5.01 Å². The number of amides is 1. The number of carbonyl (C=O) groups is 1. The third kappa shape index (κ3) is 3.20. The zero-order valence-electron chi connectivity index (χ0n) is 11.5. The molecule has 0 aliphatic carbocycles. The molecular weight excluding hydrogens is 280 g/mol. The zero-order chi connectivity index (χ0) is 14.9. The molecule has 2 rings (SSSR count). The lowest BCUT2D eigenvalue weighted by atomic mass is 10.1. The molecule has 0 saturated carbocycles. The average Bonchev–Trinajstić information content (AvgIpc) is 2.92. The largest absolute Gasteiger partial charge is 0.419 e. The van der Waals surface area contributed by atoms with Gasteiger partial charge in [0.25, 0.3) is 11.8 Å². The van der Waals surface area contributed by atoms with Gasteiger partial charge in [0.05, 0.1) is 12.0 Å². The lowest BCUT2D eigenvalue weighted by Crippen LogP contribution is -2.21. The first-order valence-electron chi connectivity index (χ1n) is 6.15. The van der Waals surface area contributed by atoms with E-state index in [1.54, 1.807) is 13.8 Å². The number of thiazole rings is 1. The van der Waals surface area contributed by atoms with Crippen molar-refractivity contribution in [2.45, 2.75) is 39.2 Å². The van der Waals surface area contributed by atoms with Crippen LogP contribution in [0.5, 0.6) is 0 Å². The van der Waals surface area contributed by atoms with E-state index in [4.69, 9.17) is 10.2 Å². The molecule has 0 bridgehead atoms. The maximum atomic E-state index is 11.3. The fourth-order valence-corrected chi connectivity index (χ4v) is 2.58. The van der Waals surface area contributed by atoms with E-state index in [1.807, 2.05) is 6.92 Å². The molecule has 0 fully saturated rings. The van der Waals surface area contributed by atoms with Crippen molar-refractivity contribution in [1.82, 2.24) is 15.2 Å². The molecule has 20 heavy (non-hydrogen) atoms. The van der Waals surface area contributed by atoms with Crippen molar-refractivity contribution in [3.63, 3.8) is 0 Å². The topological polar surface area (TPSA) is 115 Å². The summed E-state index contributed by atoms with van der Waals surface area (Å²) in [5.74, 6) is -0.0154. The summed E-state index contributed by atoms with van der Waals surface area (Å²) in [6.45, 7) is 5.22. The average molecular weight is 296 g/mol. The predicted molar refractivity (Wildman–Crippen MR) is 73.3 cm³/mol. The molecule has 7 nitrogen and oxygen atoms in total. The molecule has 3 N–H and O–H groups in total. The number of aromatic nitrogens is 3. The molecule has 0 saturated heterocycles. The molecule has 0 unspecified atom stereocenters. The summed E-state index contributed by atoms with van der Waals surface area (Å²) >= 11 is 1.30. The Morgan fingerprint density at radius 2 is 2.15 bits per heavy atom. The molecule has 0 aliphatic heterocycles. The van der Waals surface area contributed by atoms with Gasteiger partial charge in [-0.3, -0.25) is 4.79 Å². The van der Waals surface area contributed by atoms with Crippen molar-refractivity contribution in [3.05, 3.63) is 16.5 Å². The van der Waals surface area contributed by atoms with Gasteiger partial charge in [0.2, 0.25) is 5.89 Å². The summed E-state index contributed by atoms with van der Waals surface area (Å²) in [6, 6.07) is 0. The molecule has 0 radical (unpaired) electrons. The minimum atomic E-state index is -0.931. The lowest BCUT2D eigenvalue weighted by Gasteiger charge is -2.12. The predicted octanol–water partition coefficient (Wildman–Crippen LogP) is 1.17. The maximum absolute atomic E-state index is 11.3. The van der Waals surface area contributed by atoms with Gasteiger partial charge >= 0.3 is 0 Å². The second-order valence-electron chi connectivity index (χ2n) is 5.00. The molecule has 0 aliphatic rings. The second-order valence-corrected chi connectivity index (χ2v) is 6.08. The van der Waals surface area contributed by atoms with Crippen LogP contribution in [-0.4, -0.2) is 31.8 Å². The lowest BCUT2D eigenvalue weighted by molar-refractivity contribution is 0.0739. The number of nitrogens with zero attached hydrogens (tertiary/aromatic N) is 3. The summed E-state index contributed by atoms with van der Waals surface area (Å²) in [6.07, 6.45) is 0.898. The summed E-state index contributed by atoms with van der Waals surface area (Å²) < 4.78 is 5.45. The van der Waals surface area contributed by atoms with Gasteiger partial charge in [0, 0.05) is 4.88 Å². The van der Waals surface area contributed by atoms with Gasteiger partial charge in [-0.1, -0.05) is 6.92 Å². The van der Waals surface area contributed by atoms with E-state index in [0.717, 1.165) is 4.88 Å². The molecule has 0 spiro atoms. The summed E-state index contributed by atoms with van der Waals surface area (Å²) in [5, 5.41) is 17.9. The fraction of sp³-hybridized carbons (Fsp3) is 0.500. The van der Waals surface area contributed by atoms with Crippen LogP contribution >= 0.6 is 11.3 Å². The van der Waals surface area contributed by atoms with E-state index in [1.165, 1.54) is 11.3 Å². The van der Waals surface area contributed by atoms with Crippen molar-refractivity contribution in [2.24, 2.45) is 5.73 Å². The second kappa shape index (κ2) is 5.29. The summed E-state index contributed by atoms with van der Waals surface area (Å²) in [5.41, 5.74) is 4.59. The number of rotatable bonds is 5. The minimum Gasteiger partial charge on any atom is -0.419 e. The number of nitrogens with two attached hydrogens (primary N) is 1. The van der Waals surface area contributed by atoms with E-state index in [9.17, 15) is 9.90 Å². The first-order chi connectivity index (χ1) is 9.30. The quantitative estimate of drug-likeness (QED) is 0.855. The smallest absolute Gasteiger partial charge is 0.276 e. The number of hydrogen-bond donors (Lipinski definition) is 2. The van der Waals surface area contributed by atoms with Crippen molar-refractivity contribution < 1.29 is 14.3 Å². The Morgan fingerprint density at radius 3 is 2.65 bits per heavy atom. The molecule has 2 aromatic rings. The van der Waals surface area contributed by atoms with Crippen molar-refractivity contribution in [2.75, 3.05) is 0 Å².